The van der Waals surface area contributed by atoms with Gasteiger partial charge in [-0.2, -0.15) is 0 Å². The van der Waals surface area contributed by atoms with Gasteiger partial charge in [-0.3, -0.25) is 4.79 Å². The van der Waals surface area contributed by atoms with Gasteiger partial charge in [-0.25, -0.2) is 13.1 Å². The van der Waals surface area contributed by atoms with Crippen LogP contribution in [0, 0.1) is 5.92 Å². The molecule has 1 amide bonds. The molecular weight excluding hydrogens is 298 g/mol. The second kappa shape index (κ2) is 7.16. The van der Waals surface area contributed by atoms with E-state index in [1.54, 1.807) is 6.07 Å². The fraction of sp³-hybridized carbons (Fsp3) is 0.583. The maximum Gasteiger partial charge on any atom is 0.249 e. The van der Waals surface area contributed by atoms with Gasteiger partial charge in [0.2, 0.25) is 15.9 Å². The van der Waals surface area contributed by atoms with Crippen LogP contribution in [0.1, 0.15) is 25.1 Å². The number of hydrogen-bond acceptors (Lipinski definition) is 5. The van der Waals surface area contributed by atoms with Crippen LogP contribution in [-0.2, 0) is 21.4 Å². The van der Waals surface area contributed by atoms with Crippen molar-refractivity contribution < 1.29 is 13.2 Å². The van der Waals surface area contributed by atoms with E-state index in [9.17, 15) is 13.2 Å². The van der Waals surface area contributed by atoms with Gasteiger partial charge in [0, 0.05) is 4.88 Å². The molecule has 114 valence electrons. The zero-order chi connectivity index (χ0) is 15.3. The van der Waals surface area contributed by atoms with Gasteiger partial charge in [0.25, 0.3) is 0 Å². The largest absolute Gasteiger partial charge is 0.350 e. The monoisotopic (exact) mass is 319 g/mol. The summed E-state index contributed by atoms with van der Waals surface area (Å²) in [6.45, 7) is 4.29. The predicted octanol–water partition coefficient (Wildman–Crippen LogP) is 0.646. The minimum absolute atomic E-state index is 0.217. The summed E-state index contributed by atoms with van der Waals surface area (Å²) in [5.41, 5.74) is 5.76. The van der Waals surface area contributed by atoms with Crippen molar-refractivity contribution in [3.8, 4) is 0 Å². The van der Waals surface area contributed by atoms with E-state index in [-0.39, 0.29) is 16.7 Å². The SMILES string of the molecule is CNS(=O)(=O)c1ccc(CNC(=O)[C@@H](N)CC(C)C)s1. The van der Waals surface area contributed by atoms with Crippen molar-refractivity contribution in [2.45, 2.75) is 37.1 Å². The lowest BCUT2D eigenvalue weighted by Gasteiger charge is -2.13. The molecule has 1 rings (SSSR count). The van der Waals surface area contributed by atoms with Gasteiger partial charge in [0.15, 0.2) is 0 Å². The van der Waals surface area contributed by atoms with Crippen molar-refractivity contribution in [3.63, 3.8) is 0 Å². The molecule has 0 aliphatic carbocycles. The Kier molecular flexibility index (Phi) is 6.12. The number of amides is 1. The molecule has 0 radical (unpaired) electrons. The van der Waals surface area contributed by atoms with E-state index in [0.29, 0.717) is 12.3 Å². The Morgan fingerprint density at radius 1 is 1.40 bits per heavy atom. The van der Waals surface area contributed by atoms with E-state index in [1.807, 2.05) is 13.8 Å². The first-order valence-corrected chi connectivity index (χ1v) is 8.61. The highest BCUT2D eigenvalue weighted by Gasteiger charge is 2.17. The molecule has 20 heavy (non-hydrogen) atoms. The molecule has 0 saturated carbocycles. The van der Waals surface area contributed by atoms with Gasteiger partial charge in [-0.05, 0) is 31.5 Å². The zero-order valence-electron chi connectivity index (χ0n) is 11.8. The maximum atomic E-state index is 11.7. The van der Waals surface area contributed by atoms with Crippen molar-refractivity contribution in [2.75, 3.05) is 7.05 Å². The first-order valence-electron chi connectivity index (χ1n) is 6.31. The van der Waals surface area contributed by atoms with E-state index >= 15 is 0 Å². The van der Waals surface area contributed by atoms with Crippen LogP contribution < -0.4 is 15.8 Å². The third-order valence-corrected chi connectivity index (χ3v) is 5.66. The summed E-state index contributed by atoms with van der Waals surface area (Å²) in [5, 5.41) is 2.72. The molecule has 0 fully saturated rings. The third kappa shape index (κ3) is 4.86. The number of thiophene rings is 1. The third-order valence-electron chi connectivity index (χ3n) is 2.67. The molecule has 0 spiro atoms. The summed E-state index contributed by atoms with van der Waals surface area (Å²) in [6.07, 6.45) is 0.621. The molecule has 0 aliphatic heterocycles. The highest BCUT2D eigenvalue weighted by atomic mass is 32.2. The molecule has 1 heterocycles. The normalized spacial score (nSPS) is 13.4. The Labute approximate surface area is 123 Å². The molecule has 0 aromatic carbocycles. The predicted molar refractivity (Wildman–Crippen MR) is 79.8 cm³/mol. The molecular formula is C12H21N3O3S2. The summed E-state index contributed by atoms with van der Waals surface area (Å²) < 4.78 is 25.6. The Bertz CT molecular complexity index is 552. The van der Waals surface area contributed by atoms with E-state index in [1.165, 1.54) is 13.1 Å². The smallest absolute Gasteiger partial charge is 0.249 e. The van der Waals surface area contributed by atoms with Gasteiger partial charge < -0.3 is 11.1 Å². The molecule has 0 unspecified atom stereocenters. The second-order valence-electron chi connectivity index (χ2n) is 4.88. The molecule has 1 aromatic rings. The number of sulfonamides is 1. The Morgan fingerprint density at radius 2 is 2.05 bits per heavy atom. The van der Waals surface area contributed by atoms with Crippen LogP contribution in [0.2, 0.25) is 0 Å². The number of carbonyl (C=O) groups is 1. The van der Waals surface area contributed by atoms with Crippen LogP contribution in [0.25, 0.3) is 0 Å². The van der Waals surface area contributed by atoms with Crippen molar-refractivity contribution in [1.29, 1.82) is 0 Å². The van der Waals surface area contributed by atoms with Crippen molar-refractivity contribution in [1.82, 2.24) is 10.0 Å². The standard InChI is InChI=1S/C12H21N3O3S2/c1-8(2)6-10(13)12(16)15-7-9-4-5-11(19-9)20(17,18)14-3/h4-5,8,10,14H,6-7,13H2,1-3H3,(H,15,16)/t10-/m0/s1. The first kappa shape index (κ1) is 17.1. The Hall–Kier alpha value is -0.960. The van der Waals surface area contributed by atoms with Gasteiger partial charge in [0.1, 0.15) is 4.21 Å². The maximum absolute atomic E-state index is 11.7. The number of nitrogens with two attached hydrogens (primary N) is 1. The quantitative estimate of drug-likeness (QED) is 0.686. The lowest BCUT2D eigenvalue weighted by molar-refractivity contribution is -0.122. The van der Waals surface area contributed by atoms with Crippen LogP contribution >= 0.6 is 11.3 Å². The minimum atomic E-state index is -3.42. The topological polar surface area (TPSA) is 101 Å². The molecule has 6 nitrogen and oxygen atoms in total. The Balaban J connectivity index is 2.57. The van der Waals surface area contributed by atoms with E-state index < -0.39 is 16.1 Å². The van der Waals surface area contributed by atoms with E-state index in [2.05, 4.69) is 10.0 Å². The van der Waals surface area contributed by atoms with Gasteiger partial charge in [-0.15, -0.1) is 11.3 Å². The molecule has 0 saturated heterocycles. The lowest BCUT2D eigenvalue weighted by atomic mass is 10.0. The van der Waals surface area contributed by atoms with Crippen LogP contribution in [0.15, 0.2) is 16.3 Å². The second-order valence-corrected chi connectivity index (χ2v) is 8.16. The summed E-state index contributed by atoms with van der Waals surface area (Å²) >= 11 is 1.13. The highest BCUT2D eigenvalue weighted by molar-refractivity contribution is 7.91. The average Bonchev–Trinajstić information content (AvgIpc) is 2.84. The molecule has 1 atom stereocenters. The Morgan fingerprint density at radius 3 is 2.60 bits per heavy atom. The summed E-state index contributed by atoms with van der Waals surface area (Å²) in [4.78, 5) is 12.5. The van der Waals surface area contributed by atoms with Crippen molar-refractivity contribution in [3.05, 3.63) is 17.0 Å². The molecule has 0 bridgehead atoms. The fourth-order valence-corrected chi connectivity index (χ4v) is 3.75. The van der Waals surface area contributed by atoms with Crippen molar-refractivity contribution >= 4 is 27.3 Å². The van der Waals surface area contributed by atoms with Gasteiger partial charge in [0.05, 0.1) is 12.6 Å². The first-order chi connectivity index (χ1) is 9.26. The van der Waals surface area contributed by atoms with Crippen LogP contribution in [0.3, 0.4) is 0 Å². The molecule has 0 aliphatic rings. The number of nitrogens with one attached hydrogen (secondary N) is 2. The van der Waals surface area contributed by atoms with Crippen molar-refractivity contribution in [2.24, 2.45) is 11.7 Å². The molecule has 1 aromatic heterocycles. The lowest BCUT2D eigenvalue weighted by Crippen LogP contribution is -2.40. The highest BCUT2D eigenvalue weighted by Crippen LogP contribution is 2.21. The average molecular weight is 319 g/mol. The van der Waals surface area contributed by atoms with E-state index in [4.69, 9.17) is 5.73 Å². The van der Waals surface area contributed by atoms with Gasteiger partial charge in [-0.1, -0.05) is 13.8 Å². The number of carbonyl (C=O) groups excluding carboxylic acids is 1. The summed E-state index contributed by atoms with van der Waals surface area (Å²) in [6, 6.07) is 2.67. The number of rotatable bonds is 7. The summed E-state index contributed by atoms with van der Waals surface area (Å²) in [7, 11) is -2.05. The fourth-order valence-electron chi connectivity index (χ4n) is 1.62. The van der Waals surface area contributed by atoms with Crippen LogP contribution in [0.5, 0.6) is 0 Å². The molecule has 8 heteroatoms. The van der Waals surface area contributed by atoms with Crippen LogP contribution in [-0.4, -0.2) is 27.4 Å². The molecule has 4 N–H and O–H groups in total. The minimum Gasteiger partial charge on any atom is -0.350 e. The van der Waals surface area contributed by atoms with E-state index in [0.717, 1.165) is 16.2 Å². The number of hydrogen-bond donors (Lipinski definition) is 3. The van der Waals surface area contributed by atoms with Gasteiger partial charge >= 0.3 is 0 Å². The van der Waals surface area contributed by atoms with Crippen LogP contribution in [0.4, 0.5) is 0 Å². The summed E-state index contributed by atoms with van der Waals surface area (Å²) in [5.74, 6) is 0.134. The zero-order valence-corrected chi connectivity index (χ0v) is 13.5.